The van der Waals surface area contributed by atoms with Crippen LogP contribution in [0, 0.1) is 5.92 Å². The molecule has 0 aromatic carbocycles. The number of carbonyl (C=O) groups is 1. The first-order chi connectivity index (χ1) is 7.59. The highest BCUT2D eigenvalue weighted by molar-refractivity contribution is 5.69. The van der Waals surface area contributed by atoms with Gasteiger partial charge in [0.1, 0.15) is 0 Å². The smallest absolute Gasteiger partial charge is 0.306 e. The van der Waals surface area contributed by atoms with Gasteiger partial charge in [-0.1, -0.05) is 0 Å². The number of hydrogen-bond acceptors (Lipinski definition) is 3. The van der Waals surface area contributed by atoms with Crippen LogP contribution in [0.3, 0.4) is 0 Å². The van der Waals surface area contributed by atoms with Crippen molar-refractivity contribution < 1.29 is 19.4 Å². The number of hydrogen-bond donors (Lipinski definition) is 1. The van der Waals surface area contributed by atoms with Gasteiger partial charge in [0.15, 0.2) is 0 Å². The van der Waals surface area contributed by atoms with Gasteiger partial charge in [-0.15, -0.1) is 0 Å². The molecule has 1 N–H and O–H groups in total. The zero-order chi connectivity index (χ0) is 12.0. The van der Waals surface area contributed by atoms with Gasteiger partial charge >= 0.3 is 5.97 Å². The van der Waals surface area contributed by atoms with Gasteiger partial charge in [-0.25, -0.2) is 0 Å². The van der Waals surface area contributed by atoms with Gasteiger partial charge in [0.2, 0.25) is 0 Å². The predicted molar refractivity (Wildman–Crippen MR) is 60.4 cm³/mol. The van der Waals surface area contributed by atoms with Crippen LogP contribution >= 0.6 is 0 Å². The second-order valence-electron chi connectivity index (χ2n) is 4.60. The lowest BCUT2D eigenvalue weighted by atomic mass is 9.87. The van der Waals surface area contributed by atoms with E-state index in [-0.39, 0.29) is 18.1 Å². The van der Waals surface area contributed by atoms with Crippen molar-refractivity contribution in [1.29, 1.82) is 0 Å². The first-order valence-corrected chi connectivity index (χ1v) is 6.05. The summed E-state index contributed by atoms with van der Waals surface area (Å²) in [5.74, 6) is -0.826. The molecular weight excluding hydrogens is 208 g/mol. The standard InChI is InChI=1S/C12H22O4/c1-9(2)15-7-8-16-11-5-3-10(4-6-11)12(13)14/h9-11H,3-8H2,1-2H3,(H,13,14). The molecule has 4 nitrogen and oxygen atoms in total. The summed E-state index contributed by atoms with van der Waals surface area (Å²) in [6.07, 6.45) is 3.67. The van der Waals surface area contributed by atoms with Gasteiger partial charge in [0.05, 0.1) is 31.3 Å². The van der Waals surface area contributed by atoms with E-state index in [0.717, 1.165) is 25.7 Å². The number of rotatable bonds is 6. The van der Waals surface area contributed by atoms with E-state index in [9.17, 15) is 4.79 Å². The molecule has 94 valence electrons. The van der Waals surface area contributed by atoms with Gasteiger partial charge in [-0.2, -0.15) is 0 Å². The SMILES string of the molecule is CC(C)OCCOC1CCC(C(=O)O)CC1. The molecule has 0 heterocycles. The zero-order valence-corrected chi connectivity index (χ0v) is 10.1. The number of carboxylic acid groups (broad SMARTS) is 1. The minimum absolute atomic E-state index is 0.160. The van der Waals surface area contributed by atoms with Crippen molar-refractivity contribution in [2.45, 2.75) is 51.7 Å². The third-order valence-corrected chi connectivity index (χ3v) is 2.91. The lowest BCUT2D eigenvalue weighted by Crippen LogP contribution is -2.27. The van der Waals surface area contributed by atoms with Crippen LogP contribution < -0.4 is 0 Å². The molecule has 0 spiro atoms. The lowest BCUT2D eigenvalue weighted by molar-refractivity contribution is -0.144. The summed E-state index contributed by atoms with van der Waals surface area (Å²) >= 11 is 0. The first-order valence-electron chi connectivity index (χ1n) is 6.05. The maximum Gasteiger partial charge on any atom is 0.306 e. The minimum atomic E-state index is -0.665. The lowest BCUT2D eigenvalue weighted by Gasteiger charge is -2.26. The minimum Gasteiger partial charge on any atom is -0.481 e. The third kappa shape index (κ3) is 4.94. The molecule has 0 radical (unpaired) electrons. The maximum absolute atomic E-state index is 10.7. The molecule has 1 rings (SSSR count). The number of aliphatic carboxylic acids is 1. The van der Waals surface area contributed by atoms with Crippen LogP contribution in [-0.4, -0.2) is 36.5 Å². The third-order valence-electron chi connectivity index (χ3n) is 2.91. The Morgan fingerprint density at radius 3 is 2.38 bits per heavy atom. The van der Waals surface area contributed by atoms with E-state index in [1.165, 1.54) is 0 Å². The van der Waals surface area contributed by atoms with E-state index in [2.05, 4.69) is 0 Å². The molecule has 0 aliphatic heterocycles. The van der Waals surface area contributed by atoms with Gasteiger partial charge in [0, 0.05) is 0 Å². The highest BCUT2D eigenvalue weighted by Gasteiger charge is 2.26. The van der Waals surface area contributed by atoms with Gasteiger partial charge in [-0.05, 0) is 39.5 Å². The molecule has 0 aromatic rings. The van der Waals surface area contributed by atoms with Crippen LogP contribution in [0.15, 0.2) is 0 Å². The van der Waals surface area contributed by atoms with Gasteiger partial charge < -0.3 is 14.6 Å². The average molecular weight is 230 g/mol. The Kier molecular flexibility index (Phi) is 5.77. The van der Waals surface area contributed by atoms with E-state index < -0.39 is 5.97 Å². The Hall–Kier alpha value is -0.610. The van der Waals surface area contributed by atoms with Crippen LogP contribution in [0.5, 0.6) is 0 Å². The van der Waals surface area contributed by atoms with Crippen molar-refractivity contribution >= 4 is 5.97 Å². The Morgan fingerprint density at radius 1 is 1.25 bits per heavy atom. The van der Waals surface area contributed by atoms with Crippen molar-refractivity contribution in [1.82, 2.24) is 0 Å². The zero-order valence-electron chi connectivity index (χ0n) is 10.1. The van der Waals surface area contributed by atoms with Crippen LogP contribution in [0.1, 0.15) is 39.5 Å². The summed E-state index contributed by atoms with van der Waals surface area (Å²) in [6.45, 7) is 5.23. The van der Waals surface area contributed by atoms with Gasteiger partial charge in [0.25, 0.3) is 0 Å². The second-order valence-corrected chi connectivity index (χ2v) is 4.60. The fraction of sp³-hybridized carbons (Fsp3) is 0.917. The molecule has 0 bridgehead atoms. The van der Waals surface area contributed by atoms with Crippen LogP contribution in [-0.2, 0) is 14.3 Å². The van der Waals surface area contributed by atoms with Crippen molar-refractivity contribution in [3.63, 3.8) is 0 Å². The highest BCUT2D eigenvalue weighted by atomic mass is 16.5. The molecule has 4 heteroatoms. The van der Waals surface area contributed by atoms with E-state index in [1.807, 2.05) is 13.8 Å². The van der Waals surface area contributed by atoms with Crippen molar-refractivity contribution in [3.05, 3.63) is 0 Å². The van der Waals surface area contributed by atoms with Gasteiger partial charge in [-0.3, -0.25) is 4.79 Å². The summed E-state index contributed by atoms with van der Waals surface area (Å²) in [5.41, 5.74) is 0. The second kappa shape index (κ2) is 6.86. The topological polar surface area (TPSA) is 55.8 Å². The fourth-order valence-corrected chi connectivity index (χ4v) is 1.98. The molecule has 0 unspecified atom stereocenters. The van der Waals surface area contributed by atoms with E-state index >= 15 is 0 Å². The summed E-state index contributed by atoms with van der Waals surface area (Å²) in [6, 6.07) is 0. The maximum atomic E-state index is 10.7. The molecule has 0 amide bonds. The summed E-state index contributed by atoms with van der Waals surface area (Å²) in [7, 11) is 0. The number of ether oxygens (including phenoxy) is 2. The van der Waals surface area contributed by atoms with E-state index in [0.29, 0.717) is 13.2 Å². The Morgan fingerprint density at radius 2 is 1.88 bits per heavy atom. The molecule has 1 saturated carbocycles. The molecule has 1 aliphatic rings. The summed E-state index contributed by atoms with van der Waals surface area (Å²) in [5, 5.41) is 8.84. The normalized spacial score (nSPS) is 25.9. The average Bonchev–Trinajstić information content (AvgIpc) is 2.25. The quantitative estimate of drug-likeness (QED) is 0.710. The Bertz CT molecular complexity index is 207. The van der Waals surface area contributed by atoms with E-state index in [4.69, 9.17) is 14.6 Å². The Labute approximate surface area is 96.9 Å². The van der Waals surface area contributed by atoms with E-state index in [1.54, 1.807) is 0 Å². The van der Waals surface area contributed by atoms with Crippen molar-refractivity contribution in [2.75, 3.05) is 13.2 Å². The highest BCUT2D eigenvalue weighted by Crippen LogP contribution is 2.26. The molecule has 0 aromatic heterocycles. The van der Waals surface area contributed by atoms with Crippen LogP contribution in [0.2, 0.25) is 0 Å². The molecule has 1 aliphatic carbocycles. The van der Waals surface area contributed by atoms with Crippen LogP contribution in [0.4, 0.5) is 0 Å². The molecular formula is C12H22O4. The van der Waals surface area contributed by atoms with Crippen molar-refractivity contribution in [2.24, 2.45) is 5.92 Å². The monoisotopic (exact) mass is 230 g/mol. The fourth-order valence-electron chi connectivity index (χ4n) is 1.98. The predicted octanol–water partition coefficient (Wildman–Crippen LogP) is 2.07. The van der Waals surface area contributed by atoms with Crippen molar-refractivity contribution in [3.8, 4) is 0 Å². The van der Waals surface area contributed by atoms with Crippen LogP contribution in [0.25, 0.3) is 0 Å². The molecule has 16 heavy (non-hydrogen) atoms. The summed E-state index contributed by atoms with van der Waals surface area (Å²) < 4.78 is 11.0. The molecule has 1 fully saturated rings. The number of carboxylic acids is 1. The molecule has 0 atom stereocenters. The Balaban J connectivity index is 2.06. The first kappa shape index (κ1) is 13.5. The largest absolute Gasteiger partial charge is 0.481 e. The summed E-state index contributed by atoms with van der Waals surface area (Å²) in [4.78, 5) is 10.7. The molecule has 0 saturated heterocycles.